The molecule has 0 unspecified atom stereocenters. The van der Waals surface area contributed by atoms with E-state index in [1.807, 2.05) is 41.5 Å². The van der Waals surface area contributed by atoms with Crippen LogP contribution in [0.15, 0.2) is 0 Å². The smallest absolute Gasteiger partial charge is 0.311 e. The molecule has 100 valence electrons. The molecule has 0 aliphatic carbocycles. The van der Waals surface area contributed by atoms with Crippen LogP contribution in [-0.2, 0) is 14.3 Å². The average Bonchev–Trinajstić information content (AvgIpc) is 2.28. The third-order valence-corrected chi connectivity index (χ3v) is 3.64. The molecule has 0 aromatic rings. The Hall–Kier alpha value is -0.860. The van der Waals surface area contributed by atoms with Crippen molar-refractivity contribution in [1.82, 2.24) is 0 Å². The molecule has 0 aliphatic rings. The first-order valence-corrected chi connectivity index (χ1v) is 6.38. The predicted octanol–water partition coefficient (Wildman–Crippen LogP) is 3.36. The minimum Gasteiger partial charge on any atom is -0.465 e. The van der Waals surface area contributed by atoms with E-state index in [0.29, 0.717) is 6.42 Å². The van der Waals surface area contributed by atoms with E-state index in [1.54, 1.807) is 0 Å². The molecule has 0 saturated heterocycles. The molecule has 0 aromatic heterocycles. The molecule has 0 fully saturated rings. The maximum absolute atomic E-state index is 11.8. The molecule has 0 aromatic carbocycles. The van der Waals surface area contributed by atoms with Gasteiger partial charge in [0.1, 0.15) is 5.78 Å². The molecular formula is C14H26O3. The number of carbonyl (C=O) groups excluding carboxylic acids is 2. The van der Waals surface area contributed by atoms with Crippen molar-refractivity contribution in [3.63, 3.8) is 0 Å². The SMILES string of the molecule is CCC(C)(C)C(=O)CCOC(=O)C(C)(C)CC. The van der Waals surface area contributed by atoms with E-state index in [0.717, 1.165) is 12.8 Å². The molecule has 0 saturated carbocycles. The maximum atomic E-state index is 11.8. The lowest BCUT2D eigenvalue weighted by Crippen LogP contribution is -2.28. The Kier molecular flexibility index (Phi) is 5.86. The molecule has 0 heterocycles. The van der Waals surface area contributed by atoms with Gasteiger partial charge < -0.3 is 4.74 Å². The number of hydrogen-bond donors (Lipinski definition) is 0. The van der Waals surface area contributed by atoms with Crippen LogP contribution in [0.25, 0.3) is 0 Å². The Labute approximate surface area is 105 Å². The lowest BCUT2D eigenvalue weighted by molar-refractivity contribution is -0.154. The fraction of sp³-hybridized carbons (Fsp3) is 0.857. The molecule has 17 heavy (non-hydrogen) atoms. The fourth-order valence-electron chi connectivity index (χ4n) is 1.11. The van der Waals surface area contributed by atoms with Crippen LogP contribution in [0.3, 0.4) is 0 Å². The molecule has 0 rings (SSSR count). The van der Waals surface area contributed by atoms with E-state index < -0.39 is 5.41 Å². The Balaban J connectivity index is 4.10. The normalized spacial score (nSPS) is 12.4. The fourth-order valence-corrected chi connectivity index (χ4v) is 1.11. The van der Waals surface area contributed by atoms with Gasteiger partial charge in [0.2, 0.25) is 0 Å². The standard InChI is InChI=1S/C14H26O3/c1-7-13(3,4)11(15)9-10-17-12(16)14(5,6)8-2/h7-10H2,1-6H3. The van der Waals surface area contributed by atoms with E-state index in [2.05, 4.69) is 0 Å². The van der Waals surface area contributed by atoms with Crippen molar-refractivity contribution in [2.45, 2.75) is 60.8 Å². The minimum absolute atomic E-state index is 0.155. The van der Waals surface area contributed by atoms with Gasteiger partial charge in [0.05, 0.1) is 12.0 Å². The predicted molar refractivity (Wildman–Crippen MR) is 68.7 cm³/mol. The van der Waals surface area contributed by atoms with Crippen LogP contribution >= 0.6 is 0 Å². The Morgan fingerprint density at radius 3 is 1.82 bits per heavy atom. The van der Waals surface area contributed by atoms with Crippen molar-refractivity contribution in [3.8, 4) is 0 Å². The zero-order valence-corrected chi connectivity index (χ0v) is 12.1. The minimum atomic E-state index is -0.455. The quantitative estimate of drug-likeness (QED) is 0.643. The summed E-state index contributed by atoms with van der Waals surface area (Å²) in [6, 6.07) is 0. The highest BCUT2D eigenvalue weighted by Crippen LogP contribution is 2.24. The van der Waals surface area contributed by atoms with Gasteiger partial charge in [-0.05, 0) is 26.7 Å². The molecule has 0 atom stereocenters. The number of carbonyl (C=O) groups is 2. The van der Waals surface area contributed by atoms with E-state index in [1.165, 1.54) is 0 Å². The van der Waals surface area contributed by atoms with Crippen LogP contribution in [0.2, 0.25) is 0 Å². The monoisotopic (exact) mass is 242 g/mol. The summed E-state index contributed by atoms with van der Waals surface area (Å²) in [5.41, 5.74) is -0.768. The van der Waals surface area contributed by atoms with Crippen LogP contribution in [0.4, 0.5) is 0 Å². The summed E-state index contributed by atoms with van der Waals surface area (Å²) in [7, 11) is 0. The summed E-state index contributed by atoms with van der Waals surface area (Å²) in [6.07, 6.45) is 1.85. The summed E-state index contributed by atoms with van der Waals surface area (Å²) in [5.74, 6) is -0.0655. The van der Waals surface area contributed by atoms with Gasteiger partial charge in [-0.2, -0.15) is 0 Å². The molecule has 0 N–H and O–H groups in total. The lowest BCUT2D eigenvalue weighted by Gasteiger charge is -2.22. The first-order valence-electron chi connectivity index (χ1n) is 6.38. The van der Waals surface area contributed by atoms with Crippen LogP contribution in [0, 0.1) is 10.8 Å². The highest BCUT2D eigenvalue weighted by atomic mass is 16.5. The molecular weight excluding hydrogens is 216 g/mol. The van der Waals surface area contributed by atoms with Crippen LogP contribution in [0.1, 0.15) is 60.8 Å². The number of ether oxygens (including phenoxy) is 1. The van der Waals surface area contributed by atoms with Crippen molar-refractivity contribution >= 4 is 11.8 Å². The molecule has 0 amide bonds. The number of rotatable bonds is 7. The van der Waals surface area contributed by atoms with Crippen LogP contribution in [0.5, 0.6) is 0 Å². The van der Waals surface area contributed by atoms with Crippen molar-refractivity contribution in [2.24, 2.45) is 10.8 Å². The summed E-state index contributed by atoms with van der Waals surface area (Å²) in [6.45, 7) is 11.7. The summed E-state index contributed by atoms with van der Waals surface area (Å²) < 4.78 is 5.15. The number of esters is 1. The molecule has 0 radical (unpaired) electrons. The molecule has 0 spiro atoms. The number of Topliss-reactive ketones (excluding diaryl/α,β-unsaturated/α-hetero) is 1. The van der Waals surface area contributed by atoms with Crippen molar-refractivity contribution in [1.29, 1.82) is 0 Å². The zero-order chi connectivity index (χ0) is 13.7. The summed E-state index contributed by atoms with van der Waals surface area (Å²) in [5, 5.41) is 0. The van der Waals surface area contributed by atoms with E-state index >= 15 is 0 Å². The summed E-state index contributed by atoms with van der Waals surface area (Å²) in [4.78, 5) is 23.5. The third-order valence-electron chi connectivity index (χ3n) is 3.64. The van der Waals surface area contributed by atoms with Crippen molar-refractivity contribution < 1.29 is 14.3 Å². The van der Waals surface area contributed by atoms with E-state index in [4.69, 9.17) is 4.74 Å². The molecule has 0 aliphatic heterocycles. The second-order valence-corrected chi connectivity index (χ2v) is 5.78. The first kappa shape index (κ1) is 16.1. The molecule has 3 heteroatoms. The number of ketones is 1. The van der Waals surface area contributed by atoms with E-state index in [-0.39, 0.29) is 23.8 Å². The lowest BCUT2D eigenvalue weighted by atomic mass is 9.84. The van der Waals surface area contributed by atoms with Gasteiger partial charge in [0.15, 0.2) is 0 Å². The van der Waals surface area contributed by atoms with Gasteiger partial charge in [-0.15, -0.1) is 0 Å². The van der Waals surface area contributed by atoms with Gasteiger partial charge in [-0.25, -0.2) is 0 Å². The molecule has 3 nitrogen and oxygen atoms in total. The topological polar surface area (TPSA) is 43.4 Å². The second kappa shape index (κ2) is 6.18. The van der Waals surface area contributed by atoms with E-state index in [9.17, 15) is 9.59 Å². The van der Waals surface area contributed by atoms with Gasteiger partial charge >= 0.3 is 5.97 Å². The zero-order valence-electron chi connectivity index (χ0n) is 12.1. The average molecular weight is 242 g/mol. The third kappa shape index (κ3) is 4.88. The second-order valence-electron chi connectivity index (χ2n) is 5.78. The van der Waals surface area contributed by atoms with Gasteiger partial charge in [-0.1, -0.05) is 27.7 Å². The Morgan fingerprint density at radius 2 is 1.41 bits per heavy atom. The van der Waals surface area contributed by atoms with Gasteiger partial charge in [0.25, 0.3) is 0 Å². The highest BCUT2D eigenvalue weighted by molar-refractivity contribution is 5.84. The van der Waals surface area contributed by atoms with Gasteiger partial charge in [0, 0.05) is 11.8 Å². The maximum Gasteiger partial charge on any atom is 0.311 e. The number of hydrogen-bond acceptors (Lipinski definition) is 3. The van der Waals surface area contributed by atoms with Crippen molar-refractivity contribution in [3.05, 3.63) is 0 Å². The Bertz CT molecular complexity index is 249. The molecule has 0 bridgehead atoms. The largest absolute Gasteiger partial charge is 0.465 e. The van der Waals surface area contributed by atoms with Crippen LogP contribution in [-0.4, -0.2) is 18.4 Å². The first-order chi connectivity index (χ1) is 7.67. The summed E-state index contributed by atoms with van der Waals surface area (Å²) >= 11 is 0. The van der Waals surface area contributed by atoms with Crippen molar-refractivity contribution in [2.75, 3.05) is 6.61 Å². The van der Waals surface area contributed by atoms with Gasteiger partial charge in [-0.3, -0.25) is 9.59 Å². The highest BCUT2D eigenvalue weighted by Gasteiger charge is 2.28. The van der Waals surface area contributed by atoms with Crippen LogP contribution < -0.4 is 0 Å². The Morgan fingerprint density at radius 1 is 0.941 bits per heavy atom.